The van der Waals surface area contributed by atoms with Gasteiger partial charge in [-0.2, -0.15) is 0 Å². The molecule has 1 saturated carbocycles. The van der Waals surface area contributed by atoms with E-state index in [0.29, 0.717) is 66.9 Å². The molecular formula is C28H32N4O6S. The Balaban J connectivity index is 1.44. The van der Waals surface area contributed by atoms with Crippen LogP contribution in [0.3, 0.4) is 0 Å². The predicted octanol–water partition coefficient (Wildman–Crippen LogP) is 3.77. The van der Waals surface area contributed by atoms with Crippen molar-refractivity contribution in [1.29, 1.82) is 0 Å². The number of nitrogens with one attached hydrogen (secondary N) is 1. The van der Waals surface area contributed by atoms with Crippen molar-refractivity contribution in [2.24, 2.45) is 0 Å². The van der Waals surface area contributed by atoms with Crippen LogP contribution < -0.4 is 15.0 Å². The number of nitrogens with zero attached hydrogens (tertiary/aromatic N) is 3. The van der Waals surface area contributed by atoms with E-state index in [1.54, 1.807) is 54.6 Å². The first-order valence-corrected chi connectivity index (χ1v) is 14.7. The van der Waals surface area contributed by atoms with Crippen molar-refractivity contribution in [1.82, 2.24) is 9.97 Å². The van der Waals surface area contributed by atoms with Crippen LogP contribution in [0.25, 0.3) is 11.4 Å². The van der Waals surface area contributed by atoms with E-state index in [1.807, 2.05) is 13.0 Å². The minimum absolute atomic E-state index is 0.0673. The van der Waals surface area contributed by atoms with Crippen LogP contribution in [-0.2, 0) is 19.3 Å². The predicted molar refractivity (Wildman–Crippen MR) is 148 cm³/mol. The van der Waals surface area contributed by atoms with E-state index >= 15 is 0 Å². The van der Waals surface area contributed by atoms with E-state index in [0.717, 1.165) is 0 Å². The molecule has 1 amide bonds. The monoisotopic (exact) mass is 552 g/mol. The summed E-state index contributed by atoms with van der Waals surface area (Å²) >= 11 is 0. The molecule has 2 N–H and O–H groups in total. The van der Waals surface area contributed by atoms with Crippen molar-refractivity contribution in [2.75, 3.05) is 42.3 Å². The van der Waals surface area contributed by atoms with Gasteiger partial charge in [-0.05, 0) is 62.6 Å². The Morgan fingerprint density at radius 3 is 2.56 bits per heavy atom. The molecule has 2 heterocycles. The molecule has 1 atom stereocenters. The largest absolute Gasteiger partial charge is 0.417 e. The van der Waals surface area contributed by atoms with Gasteiger partial charge < -0.3 is 19.5 Å². The van der Waals surface area contributed by atoms with Crippen molar-refractivity contribution < 1.29 is 27.8 Å². The van der Waals surface area contributed by atoms with Gasteiger partial charge in [0.2, 0.25) is 0 Å². The summed E-state index contributed by atoms with van der Waals surface area (Å²) in [5, 5.41) is 11.9. The molecule has 11 heteroatoms. The standard InChI is InChI=1S/C28H32N4O6S/c1-20-19-37-16-14-32(20)25-18-24(28(12-13-28)39(35,36)17-5-15-33)30-26(31-25)21-8-10-22(11-9-21)29-27(34)38-23-6-3-2-4-7-23/h2-4,6-11,18,20,33H,5,12-17,19H2,1H3,(H,29,34)/t20-/m0/s1. The third-order valence-electron chi connectivity index (χ3n) is 7.06. The average Bonchev–Trinajstić information content (AvgIpc) is 3.76. The summed E-state index contributed by atoms with van der Waals surface area (Å²) in [7, 11) is -3.52. The molecule has 1 aliphatic heterocycles. The lowest BCUT2D eigenvalue weighted by atomic mass is 10.1. The first kappa shape index (κ1) is 27.0. The summed E-state index contributed by atoms with van der Waals surface area (Å²) in [4.78, 5) is 24.0. The average molecular weight is 553 g/mol. The van der Waals surface area contributed by atoms with Crippen LogP contribution in [0.1, 0.15) is 31.9 Å². The second-order valence-electron chi connectivity index (χ2n) is 9.85. The fraction of sp³-hybridized carbons (Fsp3) is 0.393. The fourth-order valence-electron chi connectivity index (χ4n) is 4.74. The highest BCUT2D eigenvalue weighted by molar-refractivity contribution is 7.92. The molecule has 206 valence electrons. The van der Waals surface area contributed by atoms with Gasteiger partial charge in [-0.15, -0.1) is 0 Å². The Labute approximate surface area is 227 Å². The van der Waals surface area contributed by atoms with Gasteiger partial charge in [0, 0.05) is 30.5 Å². The van der Waals surface area contributed by atoms with Crippen molar-refractivity contribution in [2.45, 2.75) is 37.0 Å². The van der Waals surface area contributed by atoms with Crippen LogP contribution in [0, 0.1) is 0 Å². The molecule has 2 aromatic carbocycles. The number of ether oxygens (including phenoxy) is 2. The van der Waals surface area contributed by atoms with E-state index in [1.165, 1.54) is 0 Å². The van der Waals surface area contributed by atoms with Gasteiger partial charge in [0.25, 0.3) is 0 Å². The van der Waals surface area contributed by atoms with Crippen molar-refractivity contribution >= 4 is 27.4 Å². The topological polar surface area (TPSA) is 131 Å². The van der Waals surface area contributed by atoms with Crippen molar-refractivity contribution in [3.63, 3.8) is 0 Å². The van der Waals surface area contributed by atoms with E-state index in [2.05, 4.69) is 10.2 Å². The summed E-state index contributed by atoms with van der Waals surface area (Å²) in [6, 6.07) is 17.6. The third kappa shape index (κ3) is 5.90. The number of aromatic nitrogens is 2. The van der Waals surface area contributed by atoms with Gasteiger partial charge in [-0.3, -0.25) is 5.32 Å². The summed E-state index contributed by atoms with van der Waals surface area (Å²) in [5.41, 5.74) is 1.69. The Morgan fingerprint density at radius 1 is 1.15 bits per heavy atom. The van der Waals surface area contributed by atoms with Crippen molar-refractivity contribution in [3.05, 3.63) is 66.4 Å². The Morgan fingerprint density at radius 2 is 1.90 bits per heavy atom. The number of morpholine rings is 1. The number of rotatable bonds is 9. The first-order valence-electron chi connectivity index (χ1n) is 13.0. The normalized spacial score (nSPS) is 18.4. The zero-order valence-corrected chi connectivity index (χ0v) is 22.6. The fourth-order valence-corrected chi connectivity index (χ4v) is 6.79. The lowest BCUT2D eigenvalue weighted by Crippen LogP contribution is -2.44. The maximum atomic E-state index is 13.3. The minimum Gasteiger partial charge on any atom is -0.410 e. The molecule has 0 spiro atoms. The zero-order chi connectivity index (χ0) is 27.5. The molecular weight excluding hydrogens is 520 g/mol. The minimum atomic E-state index is -3.52. The van der Waals surface area contributed by atoms with Gasteiger partial charge in [-0.25, -0.2) is 23.2 Å². The third-order valence-corrected chi connectivity index (χ3v) is 9.69. The molecule has 39 heavy (non-hydrogen) atoms. The zero-order valence-electron chi connectivity index (χ0n) is 21.7. The number of amides is 1. The number of benzene rings is 2. The molecule has 1 aliphatic carbocycles. The maximum absolute atomic E-state index is 13.3. The summed E-state index contributed by atoms with van der Waals surface area (Å²) < 4.78 is 36.4. The summed E-state index contributed by atoms with van der Waals surface area (Å²) in [5.74, 6) is 1.40. The Kier molecular flexibility index (Phi) is 7.83. The van der Waals surface area contributed by atoms with Crippen LogP contribution in [0.2, 0.25) is 0 Å². The number of aliphatic hydroxyl groups is 1. The SMILES string of the molecule is C[C@H]1COCCN1c1cc(C2(S(=O)(=O)CCCO)CC2)nc(-c2ccc(NC(=O)Oc3ccccc3)cc2)n1. The van der Waals surface area contributed by atoms with E-state index < -0.39 is 20.7 Å². The van der Waals surface area contributed by atoms with Gasteiger partial charge in [0.1, 0.15) is 16.3 Å². The van der Waals surface area contributed by atoms with Crippen LogP contribution in [0.5, 0.6) is 5.75 Å². The molecule has 0 radical (unpaired) electrons. The Hall–Kier alpha value is -3.54. The number of hydrogen-bond acceptors (Lipinski definition) is 9. The lowest BCUT2D eigenvalue weighted by molar-refractivity contribution is 0.0985. The number of anilines is 2. The molecule has 5 rings (SSSR count). The number of carbonyl (C=O) groups excluding carboxylic acids is 1. The summed E-state index contributed by atoms with van der Waals surface area (Å²) in [6.07, 6.45) is 0.555. The molecule has 0 unspecified atom stereocenters. The highest BCUT2D eigenvalue weighted by atomic mass is 32.2. The molecule has 2 fully saturated rings. The molecule has 1 aromatic heterocycles. The molecule has 1 saturated heterocycles. The van der Waals surface area contributed by atoms with Gasteiger partial charge >= 0.3 is 6.09 Å². The highest BCUT2D eigenvalue weighted by Crippen LogP contribution is 2.53. The highest BCUT2D eigenvalue weighted by Gasteiger charge is 2.56. The molecule has 2 aliphatic rings. The van der Waals surface area contributed by atoms with E-state index in [4.69, 9.17) is 19.4 Å². The second-order valence-corrected chi connectivity index (χ2v) is 12.3. The van der Waals surface area contributed by atoms with Crippen LogP contribution in [-0.4, -0.2) is 67.7 Å². The lowest BCUT2D eigenvalue weighted by Gasteiger charge is -2.34. The van der Waals surface area contributed by atoms with Crippen LogP contribution in [0.4, 0.5) is 16.3 Å². The van der Waals surface area contributed by atoms with Gasteiger partial charge in [-0.1, -0.05) is 18.2 Å². The Bertz CT molecular complexity index is 1410. The van der Waals surface area contributed by atoms with Gasteiger partial charge in [0.05, 0.1) is 30.7 Å². The van der Waals surface area contributed by atoms with Crippen molar-refractivity contribution in [3.8, 4) is 17.1 Å². The molecule has 3 aromatic rings. The molecule has 10 nitrogen and oxygen atoms in total. The first-order chi connectivity index (χ1) is 18.8. The van der Waals surface area contributed by atoms with Crippen LogP contribution in [0.15, 0.2) is 60.7 Å². The quantitative estimate of drug-likeness (QED) is 0.407. The number of aliphatic hydroxyl groups excluding tert-OH is 1. The second kappa shape index (κ2) is 11.3. The summed E-state index contributed by atoms with van der Waals surface area (Å²) in [6.45, 7) is 3.60. The van der Waals surface area contributed by atoms with E-state index in [9.17, 15) is 18.3 Å². The number of hydrogen-bond donors (Lipinski definition) is 2. The number of sulfone groups is 1. The maximum Gasteiger partial charge on any atom is 0.417 e. The van der Waals surface area contributed by atoms with Gasteiger partial charge in [0.15, 0.2) is 15.7 Å². The smallest absolute Gasteiger partial charge is 0.410 e. The number of carbonyl (C=O) groups is 1. The molecule has 0 bridgehead atoms. The van der Waals surface area contributed by atoms with Crippen LogP contribution >= 0.6 is 0 Å². The van der Waals surface area contributed by atoms with E-state index in [-0.39, 0.29) is 24.8 Å². The number of para-hydroxylation sites is 1.